The number of rotatable bonds is 1. The quantitative estimate of drug-likeness (QED) is 0.784. The van der Waals surface area contributed by atoms with Crippen molar-refractivity contribution >= 4 is 23.0 Å². The third kappa shape index (κ3) is 2.41. The molecule has 1 aromatic rings. The highest BCUT2D eigenvalue weighted by molar-refractivity contribution is 6.31. The minimum atomic E-state index is -0.455. The molecule has 18 heavy (non-hydrogen) atoms. The van der Waals surface area contributed by atoms with Crippen molar-refractivity contribution in [2.45, 2.75) is 33.2 Å². The standard InChI is InChI=1S/C14H20ClFN2/c1-8-4-9(2)10(3)18(7-8)14-5-11(15)12(16)6-13(14)17/h5-6,8-10H,4,7,17H2,1-3H3. The first-order valence-electron chi connectivity index (χ1n) is 6.41. The van der Waals surface area contributed by atoms with Crippen molar-refractivity contribution in [2.24, 2.45) is 11.8 Å². The molecular formula is C14H20ClFN2. The highest BCUT2D eigenvalue weighted by Gasteiger charge is 2.30. The number of anilines is 2. The van der Waals surface area contributed by atoms with Gasteiger partial charge in [0.1, 0.15) is 5.82 Å². The van der Waals surface area contributed by atoms with E-state index in [-0.39, 0.29) is 5.02 Å². The molecule has 1 heterocycles. The lowest BCUT2D eigenvalue weighted by Gasteiger charge is -2.43. The predicted octanol–water partition coefficient (Wildman–Crippen LogP) is 3.93. The largest absolute Gasteiger partial charge is 0.397 e. The maximum absolute atomic E-state index is 13.3. The summed E-state index contributed by atoms with van der Waals surface area (Å²) in [4.78, 5) is 2.25. The zero-order chi connectivity index (χ0) is 13.4. The molecule has 0 aliphatic carbocycles. The molecule has 0 aromatic heterocycles. The lowest BCUT2D eigenvalue weighted by Crippen LogP contribution is -2.46. The van der Waals surface area contributed by atoms with E-state index < -0.39 is 5.82 Å². The van der Waals surface area contributed by atoms with Gasteiger partial charge < -0.3 is 10.6 Å². The van der Waals surface area contributed by atoms with Gasteiger partial charge in [0.05, 0.1) is 16.4 Å². The number of nitrogens with two attached hydrogens (primary N) is 1. The van der Waals surface area contributed by atoms with E-state index in [2.05, 4.69) is 25.7 Å². The second-order valence-corrected chi connectivity index (χ2v) is 5.94. The zero-order valence-electron chi connectivity index (χ0n) is 11.1. The highest BCUT2D eigenvalue weighted by Crippen LogP contribution is 2.36. The van der Waals surface area contributed by atoms with Gasteiger partial charge in [-0.25, -0.2) is 4.39 Å². The molecule has 0 saturated carbocycles. The molecule has 2 rings (SSSR count). The summed E-state index contributed by atoms with van der Waals surface area (Å²) < 4.78 is 13.3. The lowest BCUT2D eigenvalue weighted by molar-refractivity contribution is 0.297. The molecule has 1 saturated heterocycles. The van der Waals surface area contributed by atoms with Gasteiger partial charge >= 0.3 is 0 Å². The van der Waals surface area contributed by atoms with E-state index in [4.69, 9.17) is 17.3 Å². The fourth-order valence-electron chi connectivity index (χ4n) is 2.83. The molecule has 2 nitrogen and oxygen atoms in total. The maximum atomic E-state index is 13.3. The molecule has 100 valence electrons. The number of hydrogen-bond donors (Lipinski definition) is 1. The van der Waals surface area contributed by atoms with E-state index in [1.165, 1.54) is 12.5 Å². The molecular weight excluding hydrogens is 251 g/mol. The van der Waals surface area contributed by atoms with Gasteiger partial charge in [-0.3, -0.25) is 0 Å². The Hall–Kier alpha value is -0.960. The topological polar surface area (TPSA) is 29.3 Å². The van der Waals surface area contributed by atoms with Crippen LogP contribution in [-0.4, -0.2) is 12.6 Å². The Morgan fingerprint density at radius 1 is 1.33 bits per heavy atom. The summed E-state index contributed by atoms with van der Waals surface area (Å²) in [5.41, 5.74) is 7.25. The molecule has 0 bridgehead atoms. The van der Waals surface area contributed by atoms with Gasteiger partial charge in [0, 0.05) is 18.7 Å². The maximum Gasteiger partial charge on any atom is 0.143 e. The number of nitrogen functional groups attached to an aromatic ring is 1. The van der Waals surface area contributed by atoms with Crippen LogP contribution in [0.1, 0.15) is 27.2 Å². The summed E-state index contributed by atoms with van der Waals surface area (Å²) in [6.45, 7) is 7.61. The van der Waals surface area contributed by atoms with Crippen LogP contribution >= 0.6 is 11.6 Å². The van der Waals surface area contributed by atoms with E-state index in [9.17, 15) is 4.39 Å². The fourth-order valence-corrected chi connectivity index (χ4v) is 2.99. The molecule has 0 radical (unpaired) electrons. The summed E-state index contributed by atoms with van der Waals surface area (Å²) in [6, 6.07) is 3.35. The van der Waals surface area contributed by atoms with Gasteiger partial charge in [0.25, 0.3) is 0 Å². The third-order valence-electron chi connectivity index (χ3n) is 3.98. The second-order valence-electron chi connectivity index (χ2n) is 5.54. The average molecular weight is 271 g/mol. The van der Waals surface area contributed by atoms with Crippen LogP contribution in [0.15, 0.2) is 12.1 Å². The molecule has 0 spiro atoms. The van der Waals surface area contributed by atoms with Crippen LogP contribution in [0.5, 0.6) is 0 Å². The van der Waals surface area contributed by atoms with Gasteiger partial charge in [-0.2, -0.15) is 0 Å². The zero-order valence-corrected chi connectivity index (χ0v) is 11.8. The smallest absolute Gasteiger partial charge is 0.143 e. The van der Waals surface area contributed by atoms with E-state index >= 15 is 0 Å². The average Bonchev–Trinajstić information content (AvgIpc) is 2.29. The number of piperidine rings is 1. The van der Waals surface area contributed by atoms with Crippen molar-refractivity contribution < 1.29 is 4.39 Å². The van der Waals surface area contributed by atoms with Gasteiger partial charge in [-0.05, 0) is 31.2 Å². The normalized spacial score (nSPS) is 28.5. The summed E-state index contributed by atoms with van der Waals surface area (Å²) in [6.07, 6.45) is 1.21. The molecule has 3 unspecified atom stereocenters. The van der Waals surface area contributed by atoms with Gasteiger partial charge in [0.2, 0.25) is 0 Å². The second kappa shape index (κ2) is 4.96. The number of hydrogen-bond acceptors (Lipinski definition) is 2. The van der Waals surface area contributed by atoms with E-state index in [1.54, 1.807) is 6.07 Å². The molecule has 3 atom stereocenters. The van der Waals surface area contributed by atoms with Crippen molar-refractivity contribution in [2.75, 3.05) is 17.2 Å². The first-order valence-corrected chi connectivity index (χ1v) is 6.79. The van der Waals surface area contributed by atoms with Crippen LogP contribution in [0.2, 0.25) is 5.02 Å². The molecule has 1 aliphatic heterocycles. The Labute approximate surface area is 113 Å². The van der Waals surface area contributed by atoms with Crippen molar-refractivity contribution in [3.8, 4) is 0 Å². The van der Waals surface area contributed by atoms with Crippen molar-refractivity contribution in [3.05, 3.63) is 23.0 Å². The minimum absolute atomic E-state index is 0.136. The fraction of sp³-hybridized carbons (Fsp3) is 0.571. The van der Waals surface area contributed by atoms with Crippen LogP contribution < -0.4 is 10.6 Å². The van der Waals surface area contributed by atoms with Crippen LogP contribution in [0.25, 0.3) is 0 Å². The summed E-state index contributed by atoms with van der Waals surface area (Å²) in [7, 11) is 0. The Kier molecular flexibility index (Phi) is 3.71. The van der Waals surface area contributed by atoms with Gasteiger partial charge in [-0.1, -0.05) is 25.4 Å². The summed E-state index contributed by atoms with van der Waals surface area (Å²) in [5, 5.41) is 0.136. The van der Waals surface area contributed by atoms with E-state index in [1.807, 2.05) is 0 Å². The third-order valence-corrected chi connectivity index (χ3v) is 4.27. The van der Waals surface area contributed by atoms with Gasteiger partial charge in [-0.15, -0.1) is 0 Å². The van der Waals surface area contributed by atoms with Crippen molar-refractivity contribution in [3.63, 3.8) is 0 Å². The minimum Gasteiger partial charge on any atom is -0.397 e. The lowest BCUT2D eigenvalue weighted by atomic mass is 9.85. The van der Waals surface area contributed by atoms with Gasteiger partial charge in [0.15, 0.2) is 0 Å². The predicted molar refractivity (Wildman–Crippen MR) is 75.6 cm³/mol. The van der Waals surface area contributed by atoms with E-state index in [0.717, 1.165) is 12.2 Å². The Balaban J connectivity index is 2.38. The molecule has 1 fully saturated rings. The summed E-state index contributed by atoms with van der Waals surface area (Å²) >= 11 is 5.87. The van der Waals surface area contributed by atoms with Crippen LogP contribution in [0.3, 0.4) is 0 Å². The summed E-state index contributed by atoms with van der Waals surface area (Å²) in [5.74, 6) is 0.750. The van der Waals surface area contributed by atoms with Crippen LogP contribution in [-0.2, 0) is 0 Å². The van der Waals surface area contributed by atoms with Crippen molar-refractivity contribution in [1.82, 2.24) is 0 Å². The SMILES string of the molecule is CC1CC(C)C(C)N(c2cc(Cl)c(F)cc2N)C1. The molecule has 1 aliphatic rings. The number of nitrogens with zero attached hydrogens (tertiary/aromatic N) is 1. The molecule has 2 N–H and O–H groups in total. The molecule has 0 amide bonds. The van der Waals surface area contributed by atoms with Crippen molar-refractivity contribution in [1.29, 1.82) is 0 Å². The Morgan fingerprint density at radius 2 is 2.00 bits per heavy atom. The van der Waals surface area contributed by atoms with Crippen LogP contribution in [0, 0.1) is 17.7 Å². The van der Waals surface area contributed by atoms with E-state index in [0.29, 0.717) is 23.6 Å². The monoisotopic (exact) mass is 270 g/mol. The Morgan fingerprint density at radius 3 is 2.67 bits per heavy atom. The van der Waals surface area contributed by atoms with Crippen LogP contribution in [0.4, 0.5) is 15.8 Å². The first kappa shape index (κ1) is 13.5. The Bertz CT molecular complexity index is 450. The number of halogens is 2. The molecule has 4 heteroatoms. The first-order chi connectivity index (χ1) is 8.40. The number of benzene rings is 1. The molecule has 1 aromatic carbocycles. The highest BCUT2D eigenvalue weighted by atomic mass is 35.5.